The summed E-state index contributed by atoms with van der Waals surface area (Å²) < 4.78 is 10.9. The largest absolute Gasteiger partial charge is 0.368 e. The van der Waals surface area contributed by atoms with Gasteiger partial charge in [0.2, 0.25) is 5.89 Å². The number of hydrogen-bond acceptors (Lipinski definition) is 6. The summed E-state index contributed by atoms with van der Waals surface area (Å²) in [6.45, 7) is 2.83. The van der Waals surface area contributed by atoms with Gasteiger partial charge in [-0.3, -0.25) is 4.79 Å². The zero-order valence-corrected chi connectivity index (χ0v) is 15.5. The van der Waals surface area contributed by atoms with Crippen molar-refractivity contribution in [3.63, 3.8) is 0 Å². The third-order valence-electron chi connectivity index (χ3n) is 5.27. The summed E-state index contributed by atoms with van der Waals surface area (Å²) in [5, 5.41) is 7.54. The standard InChI is InChI=1S/C20H26N4O3/c25-20(17-7-4-12-26-17)24-10-8-16(9-11-24)21-14-19-22-18(23-27-19)13-15-5-2-1-3-6-15/h1-3,5-6,16-17,21H,4,7-14H2/t17-/m0/s1. The molecule has 2 aromatic rings. The molecule has 0 radical (unpaired) electrons. The van der Waals surface area contributed by atoms with Crippen molar-refractivity contribution >= 4 is 5.91 Å². The second kappa shape index (κ2) is 8.63. The van der Waals surface area contributed by atoms with Crippen molar-refractivity contribution < 1.29 is 14.1 Å². The molecule has 0 unspecified atom stereocenters. The minimum Gasteiger partial charge on any atom is -0.368 e. The third kappa shape index (κ3) is 4.73. The number of carbonyl (C=O) groups excluding carboxylic acids is 1. The Bertz CT molecular complexity index is 735. The van der Waals surface area contributed by atoms with Gasteiger partial charge in [0.25, 0.3) is 5.91 Å². The average molecular weight is 370 g/mol. The molecule has 1 aromatic heterocycles. The normalized spacial score (nSPS) is 20.9. The van der Waals surface area contributed by atoms with Gasteiger partial charge in [-0.05, 0) is 31.2 Å². The van der Waals surface area contributed by atoms with Gasteiger partial charge in [-0.25, -0.2) is 0 Å². The summed E-state index contributed by atoms with van der Waals surface area (Å²) in [6, 6.07) is 10.5. The number of hydrogen-bond donors (Lipinski definition) is 1. The van der Waals surface area contributed by atoms with Crippen molar-refractivity contribution in [3.8, 4) is 0 Å². The van der Waals surface area contributed by atoms with Gasteiger partial charge in [0.05, 0.1) is 6.54 Å². The van der Waals surface area contributed by atoms with E-state index in [9.17, 15) is 4.79 Å². The fourth-order valence-corrected chi connectivity index (χ4v) is 3.72. The Balaban J connectivity index is 1.20. The predicted octanol–water partition coefficient (Wildman–Crippen LogP) is 1.92. The van der Waals surface area contributed by atoms with Gasteiger partial charge in [-0.1, -0.05) is 35.5 Å². The maximum atomic E-state index is 12.4. The Hall–Kier alpha value is -2.25. The van der Waals surface area contributed by atoms with Crippen LogP contribution in [0.15, 0.2) is 34.9 Å². The molecule has 1 aromatic carbocycles. The molecule has 0 aliphatic carbocycles. The first-order chi connectivity index (χ1) is 13.3. The molecule has 1 amide bonds. The van der Waals surface area contributed by atoms with Crippen LogP contribution in [-0.4, -0.2) is 52.8 Å². The molecule has 0 bridgehead atoms. The summed E-state index contributed by atoms with van der Waals surface area (Å²) in [7, 11) is 0. The molecule has 7 nitrogen and oxygen atoms in total. The monoisotopic (exact) mass is 370 g/mol. The lowest BCUT2D eigenvalue weighted by molar-refractivity contribution is -0.142. The van der Waals surface area contributed by atoms with Crippen LogP contribution >= 0.6 is 0 Å². The summed E-state index contributed by atoms with van der Waals surface area (Å²) in [5.74, 6) is 1.47. The van der Waals surface area contributed by atoms with Crippen LogP contribution in [0, 0.1) is 0 Å². The fourth-order valence-electron chi connectivity index (χ4n) is 3.72. The number of nitrogens with zero attached hydrogens (tertiary/aromatic N) is 3. The zero-order valence-electron chi connectivity index (χ0n) is 15.5. The van der Waals surface area contributed by atoms with E-state index in [1.165, 1.54) is 5.56 Å². The van der Waals surface area contributed by atoms with Crippen LogP contribution in [0.4, 0.5) is 0 Å². The number of rotatable bonds is 6. The van der Waals surface area contributed by atoms with Crippen molar-refractivity contribution in [1.82, 2.24) is 20.4 Å². The van der Waals surface area contributed by atoms with Crippen LogP contribution in [0.2, 0.25) is 0 Å². The minimum absolute atomic E-state index is 0.161. The Morgan fingerprint density at radius 3 is 2.74 bits per heavy atom. The van der Waals surface area contributed by atoms with Gasteiger partial charge in [0.1, 0.15) is 6.10 Å². The maximum absolute atomic E-state index is 12.4. The van der Waals surface area contributed by atoms with Gasteiger partial charge in [-0.15, -0.1) is 0 Å². The molecular formula is C20H26N4O3. The second-order valence-electron chi connectivity index (χ2n) is 7.25. The van der Waals surface area contributed by atoms with Gasteiger partial charge in [-0.2, -0.15) is 4.98 Å². The molecule has 2 aliphatic heterocycles. The van der Waals surface area contributed by atoms with Crippen LogP contribution in [0.3, 0.4) is 0 Å². The Morgan fingerprint density at radius 1 is 1.19 bits per heavy atom. The second-order valence-corrected chi connectivity index (χ2v) is 7.25. The molecule has 0 saturated carbocycles. The molecule has 7 heteroatoms. The zero-order chi connectivity index (χ0) is 18.5. The summed E-state index contributed by atoms with van der Waals surface area (Å²) in [4.78, 5) is 18.8. The number of carbonyl (C=O) groups is 1. The smallest absolute Gasteiger partial charge is 0.251 e. The van der Waals surface area contributed by atoms with E-state index in [0.29, 0.717) is 37.3 Å². The number of aromatic nitrogens is 2. The number of amides is 1. The molecular weight excluding hydrogens is 344 g/mol. The van der Waals surface area contributed by atoms with E-state index < -0.39 is 0 Å². The van der Waals surface area contributed by atoms with Crippen molar-refractivity contribution in [2.75, 3.05) is 19.7 Å². The van der Waals surface area contributed by atoms with E-state index in [0.717, 1.165) is 38.8 Å². The minimum atomic E-state index is -0.212. The number of likely N-dealkylation sites (tertiary alicyclic amines) is 1. The molecule has 27 heavy (non-hydrogen) atoms. The van der Waals surface area contributed by atoms with E-state index in [1.54, 1.807) is 0 Å². The lowest BCUT2D eigenvalue weighted by Gasteiger charge is -2.33. The van der Waals surface area contributed by atoms with E-state index in [-0.39, 0.29) is 12.0 Å². The van der Waals surface area contributed by atoms with Crippen LogP contribution in [-0.2, 0) is 22.5 Å². The van der Waals surface area contributed by atoms with Crippen LogP contribution < -0.4 is 5.32 Å². The highest BCUT2D eigenvalue weighted by Gasteiger charge is 2.30. The number of benzene rings is 1. The van der Waals surface area contributed by atoms with Gasteiger partial charge >= 0.3 is 0 Å². The van der Waals surface area contributed by atoms with E-state index in [1.807, 2.05) is 23.1 Å². The van der Waals surface area contributed by atoms with Gasteiger partial charge in [0.15, 0.2) is 5.82 Å². The van der Waals surface area contributed by atoms with E-state index in [4.69, 9.17) is 9.26 Å². The topological polar surface area (TPSA) is 80.5 Å². The highest BCUT2D eigenvalue weighted by atomic mass is 16.5. The van der Waals surface area contributed by atoms with E-state index in [2.05, 4.69) is 27.6 Å². The van der Waals surface area contributed by atoms with Crippen LogP contribution in [0.5, 0.6) is 0 Å². The highest BCUT2D eigenvalue weighted by Crippen LogP contribution is 2.18. The molecule has 1 atom stereocenters. The average Bonchev–Trinajstić information content (AvgIpc) is 3.39. The molecule has 2 aliphatic rings. The molecule has 4 rings (SSSR count). The van der Waals surface area contributed by atoms with Gasteiger partial charge < -0.3 is 19.5 Å². The van der Waals surface area contributed by atoms with Crippen molar-refractivity contribution in [3.05, 3.63) is 47.6 Å². The van der Waals surface area contributed by atoms with Crippen molar-refractivity contribution in [2.24, 2.45) is 0 Å². The Morgan fingerprint density at radius 2 is 2.00 bits per heavy atom. The molecule has 2 saturated heterocycles. The third-order valence-corrected chi connectivity index (χ3v) is 5.27. The highest BCUT2D eigenvalue weighted by molar-refractivity contribution is 5.81. The summed E-state index contributed by atoms with van der Waals surface area (Å²) in [6.07, 6.45) is 4.18. The Kier molecular flexibility index (Phi) is 5.79. The van der Waals surface area contributed by atoms with Crippen molar-refractivity contribution in [2.45, 2.75) is 50.8 Å². The quantitative estimate of drug-likeness (QED) is 0.837. The summed E-state index contributed by atoms with van der Waals surface area (Å²) >= 11 is 0. The summed E-state index contributed by atoms with van der Waals surface area (Å²) in [5.41, 5.74) is 1.17. The fraction of sp³-hybridized carbons (Fsp3) is 0.550. The Labute approximate surface area is 159 Å². The first-order valence-electron chi connectivity index (χ1n) is 9.77. The van der Waals surface area contributed by atoms with E-state index >= 15 is 0 Å². The molecule has 3 heterocycles. The molecule has 1 N–H and O–H groups in total. The van der Waals surface area contributed by atoms with Crippen LogP contribution in [0.25, 0.3) is 0 Å². The lowest BCUT2D eigenvalue weighted by Crippen LogP contribution is -2.47. The molecule has 0 spiro atoms. The van der Waals surface area contributed by atoms with Crippen molar-refractivity contribution in [1.29, 1.82) is 0 Å². The first-order valence-corrected chi connectivity index (χ1v) is 9.77. The number of piperidine rings is 1. The van der Waals surface area contributed by atoms with Crippen LogP contribution in [0.1, 0.15) is 43.0 Å². The number of nitrogens with one attached hydrogen (secondary N) is 1. The maximum Gasteiger partial charge on any atom is 0.251 e. The lowest BCUT2D eigenvalue weighted by atomic mass is 10.0. The van der Waals surface area contributed by atoms with Gasteiger partial charge in [0, 0.05) is 32.2 Å². The SMILES string of the molecule is O=C([C@@H]1CCCO1)N1CCC(NCc2nc(Cc3ccccc3)no2)CC1. The predicted molar refractivity (Wildman–Crippen MR) is 99.0 cm³/mol. The molecule has 144 valence electrons. The first kappa shape index (κ1) is 18.1. The number of ether oxygens (including phenoxy) is 1. The molecule has 2 fully saturated rings.